The number of halogens is 1. The van der Waals surface area contributed by atoms with Crippen LogP contribution in [0, 0.1) is 0 Å². The van der Waals surface area contributed by atoms with Crippen molar-refractivity contribution in [1.29, 1.82) is 0 Å². The van der Waals surface area contributed by atoms with E-state index < -0.39 is 0 Å². The number of hydrogen-bond donors (Lipinski definition) is 0. The van der Waals surface area contributed by atoms with E-state index >= 15 is 0 Å². The van der Waals surface area contributed by atoms with E-state index in [0.29, 0.717) is 11.9 Å². The molecule has 0 amide bonds. The first-order valence-corrected chi connectivity index (χ1v) is 7.22. The van der Waals surface area contributed by atoms with Crippen LogP contribution in [0.1, 0.15) is 13.8 Å². The van der Waals surface area contributed by atoms with E-state index in [1.165, 1.54) is 0 Å². The Morgan fingerprint density at radius 2 is 2.39 bits per heavy atom. The average Bonchev–Trinajstić information content (AvgIpc) is 2.38. The normalized spacial score (nSPS) is 20.2. The Labute approximate surface area is 116 Å². The van der Waals surface area contributed by atoms with Crippen molar-refractivity contribution in [2.45, 2.75) is 26.0 Å². The number of hydrogen-bond acceptors (Lipinski definition) is 5. The Morgan fingerprint density at radius 3 is 3.11 bits per heavy atom. The van der Waals surface area contributed by atoms with Gasteiger partial charge in [-0.25, -0.2) is 9.97 Å². The Hall–Kier alpha value is -0.880. The van der Waals surface area contributed by atoms with Gasteiger partial charge in [-0.15, -0.1) is 0 Å². The molecule has 2 rings (SSSR count). The lowest BCUT2D eigenvalue weighted by Crippen LogP contribution is -2.47. The van der Waals surface area contributed by atoms with Crippen molar-refractivity contribution in [2.24, 2.45) is 0 Å². The van der Waals surface area contributed by atoms with Crippen LogP contribution in [-0.4, -0.2) is 47.2 Å². The highest BCUT2D eigenvalue weighted by atomic mass is 79.9. The quantitative estimate of drug-likeness (QED) is 0.794. The Morgan fingerprint density at radius 1 is 1.56 bits per heavy atom. The molecule has 1 aliphatic rings. The van der Waals surface area contributed by atoms with Gasteiger partial charge in [0.15, 0.2) is 0 Å². The molecule has 1 unspecified atom stereocenters. The van der Waals surface area contributed by atoms with Crippen LogP contribution in [0.25, 0.3) is 0 Å². The van der Waals surface area contributed by atoms with E-state index in [1.807, 2.05) is 19.9 Å². The van der Waals surface area contributed by atoms with Crippen molar-refractivity contribution in [2.75, 3.05) is 30.0 Å². The zero-order valence-electron chi connectivity index (χ0n) is 10.7. The highest BCUT2D eigenvalue weighted by Gasteiger charge is 2.23. The summed E-state index contributed by atoms with van der Waals surface area (Å²) in [5, 5.41) is 0.859. The molecule has 1 fully saturated rings. The second-order valence-electron chi connectivity index (χ2n) is 4.46. The van der Waals surface area contributed by atoms with Gasteiger partial charge in [0.1, 0.15) is 12.1 Å². The van der Waals surface area contributed by atoms with Crippen LogP contribution in [-0.2, 0) is 4.74 Å². The Bertz CT molecular complexity index is 389. The molecule has 0 bridgehead atoms. The van der Waals surface area contributed by atoms with Crippen molar-refractivity contribution in [3.8, 4) is 5.88 Å². The monoisotopic (exact) mass is 315 g/mol. The van der Waals surface area contributed by atoms with Gasteiger partial charge < -0.3 is 14.4 Å². The van der Waals surface area contributed by atoms with Crippen LogP contribution in [0.3, 0.4) is 0 Å². The zero-order chi connectivity index (χ0) is 13.0. The number of morpholine rings is 1. The van der Waals surface area contributed by atoms with Crippen LogP contribution in [0.4, 0.5) is 5.82 Å². The van der Waals surface area contributed by atoms with Gasteiger partial charge in [0, 0.05) is 17.9 Å². The molecule has 2 heterocycles. The highest BCUT2D eigenvalue weighted by Crippen LogP contribution is 2.21. The fraction of sp³-hybridized carbons (Fsp3) is 0.667. The van der Waals surface area contributed by atoms with Crippen LogP contribution in [0.15, 0.2) is 12.4 Å². The van der Waals surface area contributed by atoms with Crippen molar-refractivity contribution in [3.63, 3.8) is 0 Å². The predicted octanol–water partition coefficient (Wildman–Crippen LogP) is 1.86. The molecule has 0 radical (unpaired) electrons. The maximum Gasteiger partial charge on any atom is 0.218 e. The van der Waals surface area contributed by atoms with Crippen LogP contribution >= 0.6 is 15.9 Å². The third kappa shape index (κ3) is 3.32. The Kier molecular flexibility index (Phi) is 4.77. The van der Waals surface area contributed by atoms with Gasteiger partial charge in [-0.2, -0.15) is 0 Å². The van der Waals surface area contributed by atoms with Crippen molar-refractivity contribution >= 4 is 21.7 Å². The standard InChI is InChI=1S/C12H18BrN3O2/c1-9(2)18-12-5-11(14-8-15-12)16-3-4-17-7-10(16)6-13/h5,8-10H,3-4,6-7H2,1-2H3. The summed E-state index contributed by atoms with van der Waals surface area (Å²) >= 11 is 3.51. The smallest absolute Gasteiger partial charge is 0.218 e. The van der Waals surface area contributed by atoms with E-state index in [-0.39, 0.29) is 6.10 Å². The molecule has 100 valence electrons. The van der Waals surface area contributed by atoms with Gasteiger partial charge in [-0.1, -0.05) is 15.9 Å². The zero-order valence-corrected chi connectivity index (χ0v) is 12.3. The summed E-state index contributed by atoms with van der Waals surface area (Å²) in [5.41, 5.74) is 0. The molecule has 0 aromatic carbocycles. The number of alkyl halides is 1. The second-order valence-corrected chi connectivity index (χ2v) is 5.10. The minimum absolute atomic E-state index is 0.115. The molecular formula is C12H18BrN3O2. The largest absolute Gasteiger partial charge is 0.475 e. The number of anilines is 1. The maximum atomic E-state index is 5.59. The van der Waals surface area contributed by atoms with Crippen molar-refractivity contribution in [3.05, 3.63) is 12.4 Å². The van der Waals surface area contributed by atoms with Gasteiger partial charge in [0.05, 0.1) is 25.4 Å². The molecule has 18 heavy (non-hydrogen) atoms. The lowest BCUT2D eigenvalue weighted by Gasteiger charge is -2.35. The molecule has 0 aliphatic carbocycles. The summed E-state index contributed by atoms with van der Waals surface area (Å²) in [6.45, 7) is 6.26. The van der Waals surface area contributed by atoms with Gasteiger partial charge in [-0.3, -0.25) is 0 Å². The lowest BCUT2D eigenvalue weighted by atomic mass is 10.2. The van der Waals surface area contributed by atoms with E-state index in [9.17, 15) is 0 Å². The molecule has 1 saturated heterocycles. The van der Waals surface area contributed by atoms with E-state index in [1.54, 1.807) is 6.33 Å². The molecule has 5 nitrogen and oxygen atoms in total. The minimum Gasteiger partial charge on any atom is -0.475 e. The SMILES string of the molecule is CC(C)Oc1cc(N2CCOCC2CBr)ncn1. The number of aromatic nitrogens is 2. The summed E-state index contributed by atoms with van der Waals surface area (Å²) in [6, 6.07) is 2.20. The number of rotatable bonds is 4. The summed E-state index contributed by atoms with van der Waals surface area (Å²) in [6.07, 6.45) is 1.66. The molecule has 0 saturated carbocycles. The molecule has 1 atom stereocenters. The maximum absolute atomic E-state index is 5.59. The molecule has 0 N–H and O–H groups in total. The second kappa shape index (κ2) is 6.33. The Balaban J connectivity index is 2.15. The molecule has 1 aromatic rings. The number of nitrogens with zero attached hydrogens (tertiary/aromatic N) is 3. The first-order valence-electron chi connectivity index (χ1n) is 6.09. The van der Waals surface area contributed by atoms with E-state index in [4.69, 9.17) is 9.47 Å². The van der Waals surface area contributed by atoms with Gasteiger partial charge in [0.2, 0.25) is 5.88 Å². The molecule has 0 spiro atoms. The van der Waals surface area contributed by atoms with Crippen LogP contribution in [0.2, 0.25) is 0 Å². The molecule has 1 aromatic heterocycles. The van der Waals surface area contributed by atoms with Gasteiger partial charge in [0.25, 0.3) is 0 Å². The van der Waals surface area contributed by atoms with E-state index in [0.717, 1.165) is 30.9 Å². The predicted molar refractivity (Wildman–Crippen MR) is 73.5 cm³/mol. The van der Waals surface area contributed by atoms with Gasteiger partial charge >= 0.3 is 0 Å². The third-order valence-corrected chi connectivity index (χ3v) is 3.43. The fourth-order valence-electron chi connectivity index (χ4n) is 1.88. The topological polar surface area (TPSA) is 47.5 Å². The van der Waals surface area contributed by atoms with Crippen molar-refractivity contribution < 1.29 is 9.47 Å². The first-order chi connectivity index (χ1) is 8.70. The third-order valence-electron chi connectivity index (χ3n) is 2.68. The average molecular weight is 316 g/mol. The first kappa shape index (κ1) is 13.5. The van der Waals surface area contributed by atoms with Gasteiger partial charge in [-0.05, 0) is 13.8 Å². The lowest BCUT2D eigenvalue weighted by molar-refractivity contribution is 0.0999. The molecule has 1 aliphatic heterocycles. The molecule has 6 heteroatoms. The summed E-state index contributed by atoms with van der Waals surface area (Å²) in [7, 11) is 0. The van der Waals surface area contributed by atoms with Crippen LogP contribution in [0.5, 0.6) is 5.88 Å². The van der Waals surface area contributed by atoms with Crippen LogP contribution < -0.4 is 9.64 Å². The molecular weight excluding hydrogens is 298 g/mol. The summed E-state index contributed by atoms with van der Waals surface area (Å²) < 4.78 is 11.1. The van der Waals surface area contributed by atoms with Crippen molar-refractivity contribution in [1.82, 2.24) is 9.97 Å². The highest BCUT2D eigenvalue weighted by molar-refractivity contribution is 9.09. The summed E-state index contributed by atoms with van der Waals surface area (Å²) in [4.78, 5) is 10.7. The summed E-state index contributed by atoms with van der Waals surface area (Å²) in [5.74, 6) is 1.52. The van der Waals surface area contributed by atoms with E-state index in [2.05, 4.69) is 30.8 Å². The minimum atomic E-state index is 0.115. The fourth-order valence-corrected chi connectivity index (χ4v) is 2.41. The number of ether oxygens (including phenoxy) is 2.